The number of hydrogen-bond acceptors (Lipinski definition) is 6. The van der Waals surface area contributed by atoms with Crippen molar-refractivity contribution in [3.63, 3.8) is 0 Å². The molecule has 3 aromatic heterocycles. The summed E-state index contributed by atoms with van der Waals surface area (Å²) in [7, 11) is 0. The van der Waals surface area contributed by atoms with Crippen LogP contribution in [-0.2, 0) is 6.42 Å². The fourth-order valence-corrected chi connectivity index (χ4v) is 25.7. The van der Waals surface area contributed by atoms with E-state index in [4.69, 9.17) is 0 Å². The number of benzene rings is 24. The van der Waals surface area contributed by atoms with E-state index in [2.05, 4.69) is 586 Å². The summed E-state index contributed by atoms with van der Waals surface area (Å²) >= 11 is 7.22. The molecule has 24 aromatic carbocycles. The molecule has 3 aliphatic carbocycles. The molecule has 149 heavy (non-hydrogen) atoms. The van der Waals surface area contributed by atoms with E-state index in [0.29, 0.717) is 0 Å². The van der Waals surface area contributed by atoms with Crippen LogP contribution in [0.15, 0.2) is 550 Å². The van der Waals surface area contributed by atoms with Crippen LogP contribution in [0.3, 0.4) is 0 Å². The average Bonchev–Trinajstić information content (AvgIpc) is 1.53. The normalized spacial score (nSPS) is 12.0. The van der Waals surface area contributed by atoms with Gasteiger partial charge in [-0.2, -0.15) is 0 Å². The van der Waals surface area contributed by atoms with E-state index in [0.717, 1.165) is 96.0 Å². The first-order chi connectivity index (χ1) is 73.8. The Bertz CT molecular complexity index is 9890. The lowest BCUT2D eigenvalue weighted by Crippen LogP contribution is -2.10. The van der Waals surface area contributed by atoms with Crippen LogP contribution in [0.25, 0.3) is 178 Å². The number of fused-ring (bicyclic) bond motifs is 17. The Balaban J connectivity index is 0.000000128. The summed E-state index contributed by atoms with van der Waals surface area (Å²) in [6.45, 7) is 0. The summed E-state index contributed by atoms with van der Waals surface area (Å²) in [6.07, 6.45) is 0.935. The van der Waals surface area contributed by atoms with Crippen LogP contribution in [0.5, 0.6) is 0 Å². The fraction of sp³-hybridized carbons (Fsp3) is 0.00709. The van der Waals surface area contributed by atoms with Gasteiger partial charge >= 0.3 is 0 Å². The van der Waals surface area contributed by atoms with E-state index in [-0.39, 0.29) is 0 Å². The summed E-state index contributed by atoms with van der Waals surface area (Å²) in [5.41, 5.74) is 38.7. The molecule has 0 aliphatic heterocycles. The molecule has 0 fully saturated rings. The van der Waals surface area contributed by atoms with E-state index in [1.54, 1.807) is 0 Å². The maximum atomic E-state index is 3.51. The number of hydrogen-bond donors (Lipinski definition) is 0. The summed E-state index contributed by atoms with van der Waals surface area (Å²) in [6, 6.07) is 199. The van der Waals surface area contributed by atoms with E-state index in [1.165, 1.54) is 184 Å². The summed E-state index contributed by atoms with van der Waals surface area (Å²) < 4.78 is 9.01. The van der Waals surface area contributed by atoms with E-state index in [1.807, 2.05) is 22.7 Å². The first-order valence-corrected chi connectivity index (χ1v) is 53.3. The van der Waals surface area contributed by atoms with Crippen LogP contribution in [0.1, 0.15) is 22.3 Å². The topological polar surface area (TPSA) is 17.9 Å². The van der Waals surface area contributed by atoms with Crippen LogP contribution in [-0.4, -0.2) is 4.57 Å². The predicted molar refractivity (Wildman–Crippen MR) is 641 cm³/mol. The minimum Gasteiger partial charge on any atom is -0.310 e. The van der Waals surface area contributed by atoms with Crippen molar-refractivity contribution in [2.75, 3.05) is 19.6 Å². The Morgan fingerprint density at radius 3 is 1.03 bits per heavy atom. The number of para-hydroxylation sites is 2. The number of aromatic nitrogens is 1. The van der Waals surface area contributed by atoms with Gasteiger partial charge in [-0.05, 0) is 304 Å². The van der Waals surface area contributed by atoms with Crippen molar-refractivity contribution in [2.24, 2.45) is 0 Å². The zero-order valence-corrected chi connectivity index (χ0v) is 84.3. The molecule has 0 saturated carbocycles. The third kappa shape index (κ3) is 15.8. The molecule has 0 unspecified atom stereocenters. The third-order valence-electron chi connectivity index (χ3n) is 30.1. The van der Waals surface area contributed by atoms with Gasteiger partial charge in [-0.1, -0.05) is 380 Å². The van der Waals surface area contributed by atoms with Gasteiger partial charge in [0.1, 0.15) is 0 Å². The lowest BCUT2D eigenvalue weighted by molar-refractivity contribution is 1.14. The fourth-order valence-electron chi connectivity index (χ4n) is 23.2. The highest BCUT2D eigenvalue weighted by Crippen LogP contribution is 2.57. The largest absolute Gasteiger partial charge is 0.310 e. The quantitative estimate of drug-likeness (QED) is 0.0904. The molecular formula is C141H92BrN5S2. The molecule has 30 rings (SSSR count). The maximum Gasteiger partial charge on any atom is 0.0626 e. The highest BCUT2D eigenvalue weighted by atomic mass is 79.9. The Kier molecular flexibility index (Phi) is 22.2. The Morgan fingerprint density at radius 2 is 0.550 bits per heavy atom. The summed E-state index contributed by atoms with van der Waals surface area (Å²) in [5, 5.41) is 16.7. The molecule has 3 aliphatic rings. The first-order valence-electron chi connectivity index (χ1n) is 50.9. The molecule has 27 aromatic rings. The number of rotatable bonds is 17. The molecule has 0 spiro atoms. The molecule has 3 heterocycles. The monoisotopic (exact) mass is 2000 g/mol. The molecule has 5 nitrogen and oxygen atoms in total. The van der Waals surface area contributed by atoms with Crippen molar-refractivity contribution in [1.82, 2.24) is 4.57 Å². The van der Waals surface area contributed by atoms with Gasteiger partial charge in [-0.15, -0.1) is 22.7 Å². The van der Waals surface area contributed by atoms with E-state index >= 15 is 0 Å². The van der Waals surface area contributed by atoms with Gasteiger partial charge in [0, 0.05) is 135 Å². The van der Waals surface area contributed by atoms with Gasteiger partial charge in [0.15, 0.2) is 0 Å². The van der Waals surface area contributed by atoms with Crippen LogP contribution < -0.4 is 19.6 Å². The highest BCUT2D eigenvalue weighted by Gasteiger charge is 2.35. The summed E-state index contributed by atoms with van der Waals surface area (Å²) in [4.78, 5) is 9.54. The van der Waals surface area contributed by atoms with Crippen molar-refractivity contribution >= 4 is 212 Å². The zero-order chi connectivity index (χ0) is 98.5. The van der Waals surface area contributed by atoms with Crippen LogP contribution in [0, 0.1) is 0 Å². The number of nitrogens with zero attached hydrogens (tertiary/aromatic N) is 5. The van der Waals surface area contributed by atoms with Crippen molar-refractivity contribution < 1.29 is 0 Å². The predicted octanol–water partition coefficient (Wildman–Crippen LogP) is 41.1. The molecule has 0 radical (unpaired) electrons. The van der Waals surface area contributed by atoms with Crippen LogP contribution >= 0.6 is 38.6 Å². The molecule has 0 N–H and O–H groups in total. The standard InChI is InChI=1S/C70H45N3S.C59H40N2.C12H7BrS/c1-3-14-46(15-4-1)47-28-34-53(35-29-47)71(54-36-30-48(31-37-54)49-32-38-55(39-33-49)72(52-20-5-2-6-21-52)64-26-13-17-50-16-7-8-22-58(50)64)57-40-42-60-65(45-57)73(56-41-43-67-63(44-56)59-23-9-10-27-66(59)74-67)70-62-25-12-19-51-18-11-24-61(68(51)62)69(60)70;1-3-12-40(13-4-1)41-24-30-48(31-25-41)60(51-36-37-53-46(38-51)39-56-54-21-9-16-45-17-10-22-55(58(45)54)59(53)56)49-32-26-42(27-33-49)43-28-34-50(35-29-43)61(47-18-5-2-6-19-47)57-23-11-15-44-14-7-8-20-52(44)57;13-8-5-6-12-10(7-8)9-3-1-2-4-11(9)14-12/h1-45H;1-38H,39H2;1-7H. The smallest absolute Gasteiger partial charge is 0.0626 e. The molecule has 0 atom stereocenters. The third-order valence-corrected chi connectivity index (χ3v) is 32.9. The van der Waals surface area contributed by atoms with E-state index < -0.39 is 0 Å². The molecule has 0 bridgehead atoms. The number of halogens is 1. The van der Waals surface area contributed by atoms with Gasteiger partial charge in [0.2, 0.25) is 0 Å². The second kappa shape index (κ2) is 37.4. The lowest BCUT2D eigenvalue weighted by Gasteiger charge is -2.27. The SMILES string of the molecule is Brc1ccc2sc3ccccc3c2c1.c1ccc(-c2ccc(N(c3ccc(-c4ccc(N(c5ccccc5)c5cccc6ccccc56)cc4)cc3)c3ccc4c(c3)CC3=C4c4cccc5cccc3c45)cc2)cc1.c1ccc(-c2ccc(N(c3ccc(-c4ccc(N(c5ccccc5)c5cccc6ccccc56)cc4)cc3)c3ccc4c5c(n(-c6ccc7sc8ccccc8c7c6)c4c3)-c3cccc4cccc-5c34)cc2)cc1. The van der Waals surface area contributed by atoms with E-state index in [9.17, 15) is 0 Å². The van der Waals surface area contributed by atoms with Gasteiger partial charge in [-0.25, -0.2) is 0 Å². The number of thiophene rings is 2. The van der Waals surface area contributed by atoms with Crippen LogP contribution in [0.4, 0.5) is 68.2 Å². The maximum absolute atomic E-state index is 3.51. The van der Waals surface area contributed by atoms with Gasteiger partial charge in [0.25, 0.3) is 0 Å². The molecule has 0 amide bonds. The van der Waals surface area contributed by atoms with Crippen molar-refractivity contribution in [3.05, 3.63) is 573 Å². The second-order valence-corrected chi connectivity index (χ2v) is 41.7. The minimum absolute atomic E-state index is 0.935. The molecule has 0 saturated heterocycles. The van der Waals surface area contributed by atoms with Gasteiger partial charge in [-0.3, -0.25) is 0 Å². The Labute approximate surface area is 881 Å². The highest BCUT2D eigenvalue weighted by molar-refractivity contribution is 9.10. The average molecular weight is 2000 g/mol. The van der Waals surface area contributed by atoms with Gasteiger partial charge < -0.3 is 24.2 Å². The van der Waals surface area contributed by atoms with Gasteiger partial charge in [0.05, 0.1) is 22.6 Å². The molecule has 8 heteroatoms. The van der Waals surface area contributed by atoms with Crippen LogP contribution in [0.2, 0.25) is 0 Å². The summed E-state index contributed by atoms with van der Waals surface area (Å²) in [5.74, 6) is 0. The number of allylic oxidation sites excluding steroid dienone is 1. The molecule has 700 valence electrons. The second-order valence-electron chi connectivity index (χ2n) is 38.6. The van der Waals surface area contributed by atoms with Crippen molar-refractivity contribution in [1.29, 1.82) is 0 Å². The minimum atomic E-state index is 0.935. The lowest BCUT2D eigenvalue weighted by atomic mass is 9.95. The number of anilines is 12. The Morgan fingerprint density at radius 1 is 0.208 bits per heavy atom. The Hall–Kier alpha value is -18.3. The zero-order valence-electron chi connectivity index (χ0n) is 81.1. The van der Waals surface area contributed by atoms with Crippen molar-refractivity contribution in [2.45, 2.75) is 6.42 Å². The molecular weight excluding hydrogens is 1910 g/mol. The van der Waals surface area contributed by atoms with Crippen molar-refractivity contribution in [3.8, 4) is 72.6 Å². The first kappa shape index (κ1) is 88.4.